The lowest BCUT2D eigenvalue weighted by atomic mass is 10.1. The minimum atomic E-state index is -0.304. The molecule has 0 aliphatic carbocycles. The monoisotopic (exact) mass is 326 g/mol. The van der Waals surface area contributed by atoms with Gasteiger partial charge in [0.15, 0.2) is 5.78 Å². The second-order valence-electron chi connectivity index (χ2n) is 4.85. The van der Waals surface area contributed by atoms with Crippen LogP contribution < -0.4 is 10.3 Å². The number of methoxy groups -OCH3 is 1. The first-order valence-electron chi connectivity index (χ1n) is 6.96. The zero-order chi connectivity index (χ0) is 16.2. The summed E-state index contributed by atoms with van der Waals surface area (Å²) in [6.07, 6.45) is 0. The largest absolute Gasteiger partial charge is 0.497 e. The van der Waals surface area contributed by atoms with Crippen molar-refractivity contribution < 1.29 is 9.53 Å². The Bertz CT molecular complexity index is 885. The van der Waals surface area contributed by atoms with Gasteiger partial charge in [-0.1, -0.05) is 18.2 Å². The van der Waals surface area contributed by atoms with Crippen LogP contribution in [0.4, 0.5) is 0 Å². The molecule has 0 unspecified atom stereocenters. The van der Waals surface area contributed by atoms with Crippen molar-refractivity contribution in [3.05, 3.63) is 69.8 Å². The SMILES string of the molecule is COc1cccc(C(=O)Cn2nc(-c3cccs3)ccc2=O)c1. The molecule has 0 N–H and O–H groups in total. The van der Waals surface area contributed by atoms with E-state index in [2.05, 4.69) is 5.10 Å². The van der Waals surface area contributed by atoms with E-state index in [1.807, 2.05) is 17.5 Å². The number of carbonyl (C=O) groups is 1. The van der Waals surface area contributed by atoms with Gasteiger partial charge in [-0.3, -0.25) is 9.59 Å². The number of aromatic nitrogens is 2. The maximum absolute atomic E-state index is 12.4. The molecule has 3 rings (SSSR count). The number of rotatable bonds is 5. The first kappa shape index (κ1) is 15.2. The van der Waals surface area contributed by atoms with Crippen LogP contribution in [0.2, 0.25) is 0 Å². The molecule has 6 heteroatoms. The molecule has 1 aromatic carbocycles. The first-order chi connectivity index (χ1) is 11.2. The number of hydrogen-bond acceptors (Lipinski definition) is 5. The van der Waals surface area contributed by atoms with Crippen LogP contribution in [0.15, 0.2) is 58.7 Å². The van der Waals surface area contributed by atoms with Crippen LogP contribution >= 0.6 is 11.3 Å². The minimum absolute atomic E-state index is 0.106. The molecule has 0 saturated carbocycles. The number of benzene rings is 1. The number of nitrogens with zero attached hydrogens (tertiary/aromatic N) is 2. The molecule has 0 aliphatic heterocycles. The van der Waals surface area contributed by atoms with Crippen LogP contribution in [0.1, 0.15) is 10.4 Å². The summed E-state index contributed by atoms with van der Waals surface area (Å²) in [5.74, 6) is 0.408. The summed E-state index contributed by atoms with van der Waals surface area (Å²) < 4.78 is 6.30. The quantitative estimate of drug-likeness (QED) is 0.676. The molecule has 0 fully saturated rings. The number of ketones is 1. The van der Waals surface area contributed by atoms with Crippen molar-refractivity contribution in [2.45, 2.75) is 6.54 Å². The van der Waals surface area contributed by atoms with Crippen LogP contribution in [0.3, 0.4) is 0 Å². The Labute approximate surface area is 136 Å². The lowest BCUT2D eigenvalue weighted by Crippen LogP contribution is -2.26. The maximum Gasteiger partial charge on any atom is 0.267 e. The molecule has 0 spiro atoms. The normalized spacial score (nSPS) is 10.5. The van der Waals surface area contributed by atoms with Gasteiger partial charge in [0, 0.05) is 11.6 Å². The Morgan fingerprint density at radius 3 is 2.83 bits per heavy atom. The summed E-state index contributed by atoms with van der Waals surface area (Å²) in [5, 5.41) is 6.22. The highest BCUT2D eigenvalue weighted by atomic mass is 32.1. The highest BCUT2D eigenvalue weighted by molar-refractivity contribution is 7.13. The molecule has 3 aromatic rings. The Morgan fingerprint density at radius 2 is 2.09 bits per heavy atom. The van der Waals surface area contributed by atoms with Crippen molar-refractivity contribution in [3.63, 3.8) is 0 Å². The number of carbonyl (C=O) groups excluding carboxylic acids is 1. The van der Waals surface area contributed by atoms with Crippen LogP contribution in [-0.4, -0.2) is 22.7 Å². The van der Waals surface area contributed by atoms with Gasteiger partial charge in [-0.25, -0.2) is 4.68 Å². The van der Waals surface area contributed by atoms with E-state index in [0.29, 0.717) is 17.0 Å². The Balaban J connectivity index is 1.88. The lowest BCUT2D eigenvalue weighted by Gasteiger charge is -2.07. The van der Waals surface area contributed by atoms with E-state index < -0.39 is 0 Å². The fourth-order valence-corrected chi connectivity index (χ4v) is 2.83. The third-order valence-electron chi connectivity index (χ3n) is 3.33. The van der Waals surface area contributed by atoms with Crippen LogP contribution in [0.5, 0.6) is 5.75 Å². The van der Waals surface area contributed by atoms with E-state index in [-0.39, 0.29) is 17.9 Å². The Hall–Kier alpha value is -2.73. The third-order valence-corrected chi connectivity index (χ3v) is 4.22. The van der Waals surface area contributed by atoms with Gasteiger partial charge in [0.05, 0.1) is 12.0 Å². The van der Waals surface area contributed by atoms with E-state index >= 15 is 0 Å². The molecule has 0 bridgehead atoms. The average molecular weight is 326 g/mol. The van der Waals surface area contributed by atoms with E-state index in [1.54, 1.807) is 37.4 Å². The second kappa shape index (κ2) is 6.58. The molecule has 0 atom stereocenters. The van der Waals surface area contributed by atoms with Crippen LogP contribution in [0, 0.1) is 0 Å². The number of ether oxygens (including phenoxy) is 1. The highest BCUT2D eigenvalue weighted by Gasteiger charge is 2.11. The van der Waals surface area contributed by atoms with Crippen molar-refractivity contribution >= 4 is 17.1 Å². The molecule has 0 aliphatic rings. The van der Waals surface area contributed by atoms with Crippen LogP contribution in [-0.2, 0) is 6.54 Å². The van der Waals surface area contributed by atoms with Gasteiger partial charge in [-0.2, -0.15) is 5.10 Å². The van der Waals surface area contributed by atoms with Gasteiger partial charge in [0.2, 0.25) is 0 Å². The van der Waals surface area contributed by atoms with Gasteiger partial charge in [0.25, 0.3) is 5.56 Å². The van der Waals surface area contributed by atoms with Gasteiger partial charge >= 0.3 is 0 Å². The highest BCUT2D eigenvalue weighted by Crippen LogP contribution is 2.21. The van der Waals surface area contributed by atoms with Gasteiger partial charge < -0.3 is 4.74 Å². The molecule has 0 saturated heterocycles. The molecule has 0 radical (unpaired) electrons. The molecule has 23 heavy (non-hydrogen) atoms. The predicted octanol–water partition coefficient (Wildman–Crippen LogP) is 2.86. The topological polar surface area (TPSA) is 61.2 Å². The molecule has 2 aromatic heterocycles. The summed E-state index contributed by atoms with van der Waals surface area (Å²) in [7, 11) is 1.54. The summed E-state index contributed by atoms with van der Waals surface area (Å²) in [6.45, 7) is -0.106. The van der Waals surface area contributed by atoms with Crippen molar-refractivity contribution in [2.75, 3.05) is 7.11 Å². The average Bonchev–Trinajstić information content (AvgIpc) is 3.11. The standard InChI is InChI=1S/C17H14N2O3S/c1-22-13-5-2-4-12(10-13)15(20)11-19-17(21)8-7-14(18-19)16-6-3-9-23-16/h2-10H,11H2,1H3. The Kier molecular flexibility index (Phi) is 4.34. The predicted molar refractivity (Wildman–Crippen MR) is 89.1 cm³/mol. The van der Waals surface area contributed by atoms with E-state index in [0.717, 1.165) is 4.88 Å². The van der Waals surface area contributed by atoms with Gasteiger partial charge in [-0.05, 0) is 29.6 Å². The number of Topliss-reactive ketones (excluding diaryl/α,β-unsaturated/α-hetero) is 1. The fraction of sp³-hybridized carbons (Fsp3) is 0.118. The van der Waals surface area contributed by atoms with E-state index in [1.165, 1.54) is 22.1 Å². The second-order valence-corrected chi connectivity index (χ2v) is 5.79. The molecule has 116 valence electrons. The third kappa shape index (κ3) is 3.37. The van der Waals surface area contributed by atoms with Crippen LogP contribution in [0.25, 0.3) is 10.6 Å². The smallest absolute Gasteiger partial charge is 0.267 e. The van der Waals surface area contributed by atoms with Crippen molar-refractivity contribution in [1.29, 1.82) is 0 Å². The minimum Gasteiger partial charge on any atom is -0.497 e. The molecule has 5 nitrogen and oxygen atoms in total. The number of thiophene rings is 1. The summed E-state index contributed by atoms with van der Waals surface area (Å²) in [4.78, 5) is 25.3. The lowest BCUT2D eigenvalue weighted by molar-refractivity contribution is 0.0965. The fourth-order valence-electron chi connectivity index (χ4n) is 2.14. The van der Waals surface area contributed by atoms with Crippen molar-refractivity contribution in [3.8, 4) is 16.3 Å². The summed E-state index contributed by atoms with van der Waals surface area (Å²) in [6, 6.07) is 13.8. The molecular weight excluding hydrogens is 312 g/mol. The summed E-state index contributed by atoms with van der Waals surface area (Å²) in [5.41, 5.74) is 0.860. The zero-order valence-corrected chi connectivity index (χ0v) is 13.2. The molecular formula is C17H14N2O3S. The Morgan fingerprint density at radius 1 is 1.22 bits per heavy atom. The summed E-state index contributed by atoms with van der Waals surface area (Å²) >= 11 is 1.53. The molecule has 0 amide bonds. The zero-order valence-electron chi connectivity index (χ0n) is 12.4. The van der Waals surface area contributed by atoms with Gasteiger partial charge in [-0.15, -0.1) is 11.3 Å². The van der Waals surface area contributed by atoms with E-state index in [4.69, 9.17) is 4.74 Å². The maximum atomic E-state index is 12.4. The van der Waals surface area contributed by atoms with Crippen molar-refractivity contribution in [2.24, 2.45) is 0 Å². The molecule has 2 heterocycles. The number of hydrogen-bond donors (Lipinski definition) is 0. The van der Waals surface area contributed by atoms with Crippen molar-refractivity contribution in [1.82, 2.24) is 9.78 Å². The first-order valence-corrected chi connectivity index (χ1v) is 7.84. The van der Waals surface area contributed by atoms with E-state index in [9.17, 15) is 9.59 Å². The van der Waals surface area contributed by atoms with Gasteiger partial charge in [0.1, 0.15) is 18.0 Å².